The molecule has 0 aliphatic rings. The summed E-state index contributed by atoms with van der Waals surface area (Å²) in [6.07, 6.45) is 0. The van der Waals surface area contributed by atoms with Gasteiger partial charge in [-0.15, -0.1) is 23.2 Å². The molecule has 0 spiro atoms. The van der Waals surface area contributed by atoms with Gasteiger partial charge in [-0.1, -0.05) is 18.2 Å². The minimum Gasteiger partial charge on any atom is -0.312 e. The molecule has 15 heavy (non-hydrogen) atoms. The Morgan fingerprint density at radius 1 is 1.40 bits per heavy atom. The topological polar surface area (TPSA) is 29.5 Å². The third kappa shape index (κ3) is 6.83. The van der Waals surface area contributed by atoms with Gasteiger partial charge in [0.1, 0.15) is 0 Å². The number of nitrogens with zero attached hydrogens (tertiary/aromatic N) is 1. The first-order chi connectivity index (χ1) is 6.94. The molecule has 1 unspecified atom stereocenters. The van der Waals surface area contributed by atoms with Crippen molar-refractivity contribution in [2.75, 3.05) is 38.1 Å². The van der Waals surface area contributed by atoms with E-state index in [4.69, 9.17) is 39.3 Å². The molecule has 0 fully saturated rings. The Kier molecular flexibility index (Phi) is 8.34. The Hall–Kier alpha value is 0.760. The van der Waals surface area contributed by atoms with E-state index in [1.165, 1.54) is 6.66 Å². The van der Waals surface area contributed by atoms with Crippen molar-refractivity contribution >= 4 is 42.3 Å². The van der Waals surface area contributed by atoms with Crippen molar-refractivity contribution in [2.45, 2.75) is 0 Å². The van der Waals surface area contributed by atoms with Gasteiger partial charge in [0.15, 0.2) is 0 Å². The summed E-state index contributed by atoms with van der Waals surface area (Å²) < 4.78 is 18.9. The normalized spacial score (nSPS) is 15.3. The fourth-order valence-electron chi connectivity index (χ4n) is 0.942. The predicted octanol–water partition coefficient (Wildman–Crippen LogP) is 3.36. The summed E-state index contributed by atoms with van der Waals surface area (Å²) in [5.41, 5.74) is 0. The monoisotopic (exact) mass is 293 g/mol. The Morgan fingerprint density at radius 3 is 2.20 bits per heavy atom. The van der Waals surface area contributed by atoms with E-state index in [0.29, 0.717) is 29.9 Å². The third-order valence-corrected chi connectivity index (χ3v) is 4.14. The lowest BCUT2D eigenvalue weighted by Crippen LogP contribution is -2.25. The van der Waals surface area contributed by atoms with Gasteiger partial charge in [0.25, 0.3) is 7.52 Å². The summed E-state index contributed by atoms with van der Waals surface area (Å²) in [6.45, 7) is 5.98. The molecule has 0 aromatic carbocycles. The third-order valence-electron chi connectivity index (χ3n) is 1.66. The van der Waals surface area contributed by atoms with Crippen molar-refractivity contribution in [3.05, 3.63) is 11.6 Å². The number of alkyl halides is 2. The first-order valence-electron chi connectivity index (χ1n) is 4.36. The molecule has 0 saturated heterocycles. The second kappa shape index (κ2) is 7.94. The lowest BCUT2D eigenvalue weighted by molar-refractivity contribution is 0.295. The number of halogens is 3. The lowest BCUT2D eigenvalue weighted by atomic mass is 10.6. The smallest absolute Gasteiger partial charge is 0.269 e. The highest BCUT2D eigenvalue weighted by Crippen LogP contribution is 2.46. The van der Waals surface area contributed by atoms with Crippen molar-refractivity contribution in [1.82, 2.24) is 4.67 Å². The number of hydrogen-bond donors (Lipinski definition) is 0. The van der Waals surface area contributed by atoms with E-state index in [1.54, 1.807) is 4.67 Å². The molecule has 1 atom stereocenters. The largest absolute Gasteiger partial charge is 0.312 e. The molecule has 0 aliphatic carbocycles. The average molecular weight is 295 g/mol. The fourth-order valence-corrected chi connectivity index (χ4v) is 3.20. The van der Waals surface area contributed by atoms with Crippen LogP contribution in [0, 0.1) is 0 Å². The molecule has 0 bridgehead atoms. The van der Waals surface area contributed by atoms with Gasteiger partial charge in [-0.25, -0.2) is 4.67 Å². The molecule has 3 nitrogen and oxygen atoms in total. The van der Waals surface area contributed by atoms with Crippen molar-refractivity contribution in [1.29, 1.82) is 0 Å². The predicted molar refractivity (Wildman–Crippen MR) is 67.5 cm³/mol. The number of hydrogen-bond acceptors (Lipinski definition) is 2. The van der Waals surface area contributed by atoms with Crippen LogP contribution in [0.1, 0.15) is 0 Å². The summed E-state index contributed by atoms with van der Waals surface area (Å²) >= 11 is 16.7. The van der Waals surface area contributed by atoms with Crippen LogP contribution in [0.15, 0.2) is 11.6 Å². The van der Waals surface area contributed by atoms with Gasteiger partial charge >= 0.3 is 0 Å². The van der Waals surface area contributed by atoms with Crippen LogP contribution in [-0.2, 0) is 9.09 Å². The second-order valence-corrected chi connectivity index (χ2v) is 6.65. The summed E-state index contributed by atoms with van der Waals surface area (Å²) in [7, 11) is -2.87. The van der Waals surface area contributed by atoms with Gasteiger partial charge < -0.3 is 4.52 Å². The van der Waals surface area contributed by atoms with Crippen LogP contribution in [-0.4, -0.2) is 42.8 Å². The number of rotatable bonds is 8. The van der Waals surface area contributed by atoms with Gasteiger partial charge in [-0.05, 0) is 0 Å². The van der Waals surface area contributed by atoms with Crippen LogP contribution < -0.4 is 0 Å². The molecule has 0 N–H and O–H groups in total. The molecule has 0 aliphatic heterocycles. The van der Waals surface area contributed by atoms with E-state index in [9.17, 15) is 4.57 Å². The molecule has 90 valence electrons. The van der Waals surface area contributed by atoms with Gasteiger partial charge in [-0.2, -0.15) is 0 Å². The van der Waals surface area contributed by atoms with Crippen molar-refractivity contribution in [2.24, 2.45) is 0 Å². The van der Waals surface area contributed by atoms with Crippen LogP contribution in [0.25, 0.3) is 0 Å². The zero-order valence-electron chi connectivity index (χ0n) is 8.59. The van der Waals surface area contributed by atoms with Crippen LogP contribution in [0.2, 0.25) is 0 Å². The van der Waals surface area contributed by atoms with Gasteiger partial charge in [0.2, 0.25) is 0 Å². The maximum absolute atomic E-state index is 12.1. The van der Waals surface area contributed by atoms with Gasteiger partial charge in [0, 0.05) is 36.5 Å². The Balaban J connectivity index is 4.34. The molecular weight excluding hydrogens is 279 g/mol. The summed E-state index contributed by atoms with van der Waals surface area (Å²) in [4.78, 5) is 0. The van der Waals surface area contributed by atoms with E-state index in [2.05, 4.69) is 6.58 Å². The Morgan fingerprint density at radius 2 is 1.87 bits per heavy atom. The fraction of sp³-hybridized carbons (Fsp3) is 0.750. The first-order valence-corrected chi connectivity index (χ1v) is 7.84. The van der Waals surface area contributed by atoms with Crippen LogP contribution >= 0.6 is 42.3 Å². The zero-order chi connectivity index (χ0) is 11.9. The maximum atomic E-state index is 12.1. The molecule has 0 aromatic rings. The van der Waals surface area contributed by atoms with Crippen LogP contribution in [0.5, 0.6) is 0 Å². The van der Waals surface area contributed by atoms with E-state index >= 15 is 0 Å². The molecular formula is C8H15Cl3NO2P. The maximum Gasteiger partial charge on any atom is 0.269 e. The Bertz CT molecular complexity index is 244. The highest BCUT2D eigenvalue weighted by Gasteiger charge is 2.25. The lowest BCUT2D eigenvalue weighted by Gasteiger charge is -2.27. The quantitative estimate of drug-likeness (QED) is 0.508. The second-order valence-electron chi connectivity index (χ2n) is 2.93. The molecule has 0 aromatic heterocycles. The highest BCUT2D eigenvalue weighted by atomic mass is 35.5. The highest BCUT2D eigenvalue weighted by molar-refractivity contribution is 7.55. The minimum atomic E-state index is -2.87. The molecule has 0 saturated carbocycles. The first kappa shape index (κ1) is 15.8. The zero-order valence-corrected chi connectivity index (χ0v) is 11.7. The standard InChI is InChI=1S/C8H15Cl3NO2P/c1-8(11)7-14-15(2,13)12(5-3-9)6-4-10/h1,3-7H2,2H3. The molecule has 0 rings (SSSR count). The van der Waals surface area contributed by atoms with Crippen molar-refractivity contribution in [3.8, 4) is 0 Å². The molecule has 7 heteroatoms. The van der Waals surface area contributed by atoms with Crippen LogP contribution in [0.3, 0.4) is 0 Å². The van der Waals surface area contributed by atoms with E-state index in [0.717, 1.165) is 0 Å². The van der Waals surface area contributed by atoms with Crippen molar-refractivity contribution in [3.63, 3.8) is 0 Å². The molecule has 0 radical (unpaired) electrons. The van der Waals surface area contributed by atoms with Gasteiger partial charge in [-0.3, -0.25) is 4.57 Å². The molecule has 0 amide bonds. The minimum absolute atomic E-state index is 0.0659. The van der Waals surface area contributed by atoms with Crippen LogP contribution in [0.4, 0.5) is 0 Å². The summed E-state index contributed by atoms with van der Waals surface area (Å²) in [6, 6.07) is 0. The summed E-state index contributed by atoms with van der Waals surface area (Å²) in [5, 5.41) is 0.314. The van der Waals surface area contributed by atoms with E-state index < -0.39 is 7.52 Å². The van der Waals surface area contributed by atoms with E-state index in [-0.39, 0.29) is 6.61 Å². The van der Waals surface area contributed by atoms with Gasteiger partial charge in [0.05, 0.1) is 6.61 Å². The average Bonchev–Trinajstić information content (AvgIpc) is 2.15. The SMILES string of the molecule is C=C(Cl)COP(C)(=O)N(CCCl)CCCl. The van der Waals surface area contributed by atoms with E-state index in [1.807, 2.05) is 0 Å². The summed E-state index contributed by atoms with van der Waals surface area (Å²) in [5.74, 6) is 0.750. The van der Waals surface area contributed by atoms with Crippen molar-refractivity contribution < 1.29 is 9.09 Å². The molecule has 0 heterocycles. The Labute approximate surface area is 106 Å².